The number of nitrogens with one attached hydrogen (secondary N) is 1. The van der Waals surface area contributed by atoms with Crippen LogP contribution in [0.5, 0.6) is 11.5 Å². The smallest absolute Gasteiger partial charge is 0.244 e. The van der Waals surface area contributed by atoms with Crippen molar-refractivity contribution < 1.29 is 14.3 Å². The van der Waals surface area contributed by atoms with Crippen molar-refractivity contribution >= 4 is 11.6 Å². The lowest BCUT2D eigenvalue weighted by molar-refractivity contribution is -0.118. The van der Waals surface area contributed by atoms with Gasteiger partial charge in [-0.3, -0.25) is 4.79 Å². The summed E-state index contributed by atoms with van der Waals surface area (Å²) < 4.78 is 10.5. The highest BCUT2D eigenvalue weighted by Gasteiger charge is 2.32. The lowest BCUT2D eigenvalue weighted by Crippen LogP contribution is -2.38. The minimum Gasteiger partial charge on any atom is -0.493 e. The van der Waals surface area contributed by atoms with Gasteiger partial charge in [0.1, 0.15) is 0 Å². The van der Waals surface area contributed by atoms with Gasteiger partial charge in [-0.1, -0.05) is 6.92 Å². The molecule has 1 atom stereocenters. The molecule has 1 N–H and O–H groups in total. The second kappa shape index (κ2) is 6.61. The molecule has 1 unspecified atom stereocenters. The molecule has 1 heterocycles. The van der Waals surface area contributed by atoms with E-state index >= 15 is 0 Å². The monoisotopic (exact) mass is 278 g/mol. The number of carbonyl (C=O) groups is 1. The molecule has 0 bridgehead atoms. The zero-order valence-corrected chi connectivity index (χ0v) is 12.3. The molecule has 0 radical (unpaired) electrons. The highest BCUT2D eigenvalue weighted by atomic mass is 16.5. The normalized spacial score (nSPS) is 18.4. The third-order valence-corrected chi connectivity index (χ3v) is 3.53. The molecule has 1 aliphatic heterocycles. The maximum atomic E-state index is 12.4. The molecule has 2 rings (SSSR count). The van der Waals surface area contributed by atoms with E-state index in [1.54, 1.807) is 19.1 Å². The summed E-state index contributed by atoms with van der Waals surface area (Å²) in [5, 5.41) is 3.28. The van der Waals surface area contributed by atoms with Crippen LogP contribution in [0.3, 0.4) is 0 Å². The summed E-state index contributed by atoms with van der Waals surface area (Å²) in [5.41, 5.74) is 0.855. The summed E-state index contributed by atoms with van der Waals surface area (Å²) in [7, 11) is 3.20. The second-order valence-electron chi connectivity index (χ2n) is 4.82. The van der Waals surface area contributed by atoms with Crippen molar-refractivity contribution in [1.29, 1.82) is 0 Å². The minimum absolute atomic E-state index is 0.0666. The number of methoxy groups -OCH3 is 2. The van der Waals surface area contributed by atoms with Gasteiger partial charge >= 0.3 is 0 Å². The zero-order chi connectivity index (χ0) is 14.5. The molecule has 1 aromatic carbocycles. The molecule has 0 aromatic heterocycles. The first kappa shape index (κ1) is 14.7. The molecule has 1 fully saturated rings. The van der Waals surface area contributed by atoms with Crippen LogP contribution in [-0.2, 0) is 4.79 Å². The van der Waals surface area contributed by atoms with E-state index in [1.165, 1.54) is 0 Å². The summed E-state index contributed by atoms with van der Waals surface area (Å²) in [6.45, 7) is 3.70. The Hall–Kier alpha value is -1.75. The topological polar surface area (TPSA) is 50.8 Å². The molecule has 1 aliphatic rings. The van der Waals surface area contributed by atoms with E-state index in [0.717, 1.165) is 31.6 Å². The van der Waals surface area contributed by atoms with Crippen molar-refractivity contribution in [2.24, 2.45) is 0 Å². The van der Waals surface area contributed by atoms with Gasteiger partial charge in [-0.15, -0.1) is 0 Å². The fourth-order valence-electron chi connectivity index (χ4n) is 2.44. The van der Waals surface area contributed by atoms with Gasteiger partial charge in [0.05, 0.1) is 20.3 Å². The van der Waals surface area contributed by atoms with Crippen LogP contribution < -0.4 is 19.7 Å². The van der Waals surface area contributed by atoms with Crippen LogP contribution in [0.1, 0.15) is 19.8 Å². The number of hydrogen-bond acceptors (Lipinski definition) is 4. The second-order valence-corrected chi connectivity index (χ2v) is 4.82. The average Bonchev–Trinajstić information content (AvgIpc) is 2.85. The molecule has 110 valence electrons. The van der Waals surface area contributed by atoms with Gasteiger partial charge in [0, 0.05) is 18.3 Å². The highest BCUT2D eigenvalue weighted by molar-refractivity contribution is 5.99. The number of ether oxygens (including phenoxy) is 2. The van der Waals surface area contributed by atoms with E-state index in [4.69, 9.17) is 9.47 Å². The third-order valence-electron chi connectivity index (χ3n) is 3.53. The first-order valence-corrected chi connectivity index (χ1v) is 6.98. The molecule has 0 saturated carbocycles. The molecule has 1 amide bonds. The van der Waals surface area contributed by atoms with E-state index < -0.39 is 0 Å². The summed E-state index contributed by atoms with van der Waals surface area (Å²) in [5.74, 6) is 1.44. The van der Waals surface area contributed by atoms with E-state index in [-0.39, 0.29) is 11.9 Å². The van der Waals surface area contributed by atoms with Crippen LogP contribution in [0.15, 0.2) is 18.2 Å². The lowest BCUT2D eigenvalue weighted by Gasteiger charge is -2.19. The van der Waals surface area contributed by atoms with Crippen LogP contribution in [0.4, 0.5) is 5.69 Å². The summed E-state index contributed by atoms with van der Waals surface area (Å²) in [6, 6.07) is 5.50. The maximum Gasteiger partial charge on any atom is 0.244 e. The Bertz CT molecular complexity index is 476. The Labute approximate surface area is 119 Å². The van der Waals surface area contributed by atoms with Crippen molar-refractivity contribution in [2.75, 3.05) is 32.2 Å². The fourth-order valence-corrected chi connectivity index (χ4v) is 2.44. The van der Waals surface area contributed by atoms with E-state index in [0.29, 0.717) is 11.5 Å². The molecule has 20 heavy (non-hydrogen) atoms. The number of nitrogens with zero attached hydrogens (tertiary/aromatic N) is 1. The lowest BCUT2D eigenvalue weighted by atomic mass is 10.2. The van der Waals surface area contributed by atoms with Crippen molar-refractivity contribution in [3.05, 3.63) is 18.2 Å². The fraction of sp³-hybridized carbons (Fsp3) is 0.533. The predicted molar refractivity (Wildman–Crippen MR) is 78.6 cm³/mol. The molecular formula is C15H22N2O3. The van der Waals surface area contributed by atoms with Crippen LogP contribution in [0.25, 0.3) is 0 Å². The number of carbonyl (C=O) groups excluding carboxylic acids is 1. The number of anilines is 1. The summed E-state index contributed by atoms with van der Waals surface area (Å²) in [6.07, 6.45) is 1.87. The Morgan fingerprint density at radius 3 is 2.70 bits per heavy atom. The van der Waals surface area contributed by atoms with Gasteiger partial charge in [-0.2, -0.15) is 0 Å². The Morgan fingerprint density at radius 1 is 1.30 bits per heavy atom. The first-order chi connectivity index (χ1) is 9.71. The maximum absolute atomic E-state index is 12.4. The minimum atomic E-state index is -0.0666. The molecule has 5 nitrogen and oxygen atoms in total. The van der Waals surface area contributed by atoms with Gasteiger partial charge in [-0.05, 0) is 31.5 Å². The Morgan fingerprint density at radius 2 is 2.05 bits per heavy atom. The van der Waals surface area contributed by atoms with Crippen molar-refractivity contribution in [1.82, 2.24) is 5.32 Å². The van der Waals surface area contributed by atoms with E-state index in [1.807, 2.05) is 18.2 Å². The predicted octanol–water partition coefficient (Wildman–Crippen LogP) is 1.81. The highest BCUT2D eigenvalue weighted by Crippen LogP contribution is 2.33. The largest absolute Gasteiger partial charge is 0.493 e. The van der Waals surface area contributed by atoms with Crippen LogP contribution in [0.2, 0.25) is 0 Å². The molecule has 0 spiro atoms. The number of amides is 1. The molecule has 0 aliphatic carbocycles. The standard InChI is InChI=1S/C15H22N2O3/c1-4-8-16-12-7-9-17(15(12)18)11-5-6-13(19-2)14(10-11)20-3/h5-6,10,12,16H,4,7-9H2,1-3H3. The van der Waals surface area contributed by atoms with Gasteiger partial charge in [0.2, 0.25) is 5.91 Å². The number of benzene rings is 1. The Kier molecular flexibility index (Phi) is 4.84. The van der Waals surface area contributed by atoms with Gasteiger partial charge in [-0.25, -0.2) is 0 Å². The van der Waals surface area contributed by atoms with Crippen LogP contribution in [0, 0.1) is 0 Å². The molecular weight excluding hydrogens is 256 g/mol. The first-order valence-electron chi connectivity index (χ1n) is 6.98. The number of hydrogen-bond donors (Lipinski definition) is 1. The van der Waals surface area contributed by atoms with E-state index in [2.05, 4.69) is 12.2 Å². The molecule has 5 heteroatoms. The van der Waals surface area contributed by atoms with Gasteiger partial charge in [0.15, 0.2) is 11.5 Å². The SMILES string of the molecule is CCCNC1CCN(c2ccc(OC)c(OC)c2)C1=O. The van der Waals surface area contributed by atoms with Crippen molar-refractivity contribution in [2.45, 2.75) is 25.8 Å². The average molecular weight is 278 g/mol. The zero-order valence-electron chi connectivity index (χ0n) is 12.3. The Balaban J connectivity index is 2.14. The van der Waals surface area contributed by atoms with Crippen molar-refractivity contribution in [3.8, 4) is 11.5 Å². The third kappa shape index (κ3) is 2.88. The van der Waals surface area contributed by atoms with Crippen LogP contribution in [-0.4, -0.2) is 39.3 Å². The van der Waals surface area contributed by atoms with E-state index in [9.17, 15) is 4.79 Å². The quantitative estimate of drug-likeness (QED) is 0.862. The molecule has 1 aromatic rings. The van der Waals surface area contributed by atoms with Gasteiger partial charge < -0.3 is 19.7 Å². The summed E-state index contributed by atoms with van der Waals surface area (Å²) in [4.78, 5) is 14.2. The van der Waals surface area contributed by atoms with Crippen molar-refractivity contribution in [3.63, 3.8) is 0 Å². The number of rotatable bonds is 6. The van der Waals surface area contributed by atoms with Gasteiger partial charge in [0.25, 0.3) is 0 Å². The molecule has 1 saturated heterocycles. The van der Waals surface area contributed by atoms with Crippen LogP contribution >= 0.6 is 0 Å². The summed E-state index contributed by atoms with van der Waals surface area (Å²) >= 11 is 0.